The predicted octanol–water partition coefficient (Wildman–Crippen LogP) is 0.965. The Morgan fingerprint density at radius 3 is 2.40 bits per heavy atom. The minimum atomic E-state index is -0.626. The predicted molar refractivity (Wildman–Crippen MR) is 89.1 cm³/mol. The summed E-state index contributed by atoms with van der Waals surface area (Å²) in [5, 5.41) is 8.64. The highest BCUT2D eigenvalue weighted by molar-refractivity contribution is 5.92. The summed E-state index contributed by atoms with van der Waals surface area (Å²) in [6.07, 6.45) is 9.45. The maximum absolute atomic E-state index is 12.8. The molecule has 8 heteroatoms. The van der Waals surface area contributed by atoms with E-state index in [0.29, 0.717) is 11.9 Å². The third-order valence-electron chi connectivity index (χ3n) is 5.74. The largest absolute Gasteiger partial charge is 0.336 e. The SMILES string of the molecule is O=C(NO)c1cnc(N2C[C@H]3C[C@@H]2CN3C(=O)C2CCCCC2)nc1. The van der Waals surface area contributed by atoms with Crippen LogP contribution in [0, 0.1) is 5.92 Å². The Balaban J connectivity index is 1.41. The van der Waals surface area contributed by atoms with E-state index in [2.05, 4.69) is 19.8 Å². The molecule has 1 saturated carbocycles. The van der Waals surface area contributed by atoms with Crippen molar-refractivity contribution in [1.82, 2.24) is 20.3 Å². The first-order valence-corrected chi connectivity index (χ1v) is 9.01. The van der Waals surface area contributed by atoms with E-state index in [1.807, 2.05) is 0 Å². The third-order valence-corrected chi connectivity index (χ3v) is 5.74. The first-order valence-electron chi connectivity index (χ1n) is 9.01. The van der Waals surface area contributed by atoms with Gasteiger partial charge in [-0.05, 0) is 19.3 Å². The van der Waals surface area contributed by atoms with Crippen LogP contribution in [-0.2, 0) is 4.79 Å². The highest BCUT2D eigenvalue weighted by atomic mass is 16.5. The minimum absolute atomic E-state index is 0.213. The summed E-state index contributed by atoms with van der Waals surface area (Å²) in [5.41, 5.74) is 1.78. The average Bonchev–Trinajstić information content (AvgIpc) is 3.28. The van der Waals surface area contributed by atoms with E-state index < -0.39 is 5.91 Å². The lowest BCUT2D eigenvalue weighted by molar-refractivity contribution is -0.137. The quantitative estimate of drug-likeness (QED) is 0.625. The van der Waals surface area contributed by atoms with Crippen LogP contribution in [0.1, 0.15) is 48.9 Å². The van der Waals surface area contributed by atoms with Gasteiger partial charge in [-0.3, -0.25) is 14.8 Å². The summed E-state index contributed by atoms with van der Waals surface area (Å²) in [6, 6.07) is 0.485. The third kappa shape index (κ3) is 2.95. The number of anilines is 1. The van der Waals surface area contributed by atoms with Crippen LogP contribution in [0.25, 0.3) is 0 Å². The maximum Gasteiger partial charge on any atom is 0.277 e. The average molecular weight is 345 g/mol. The van der Waals surface area contributed by atoms with E-state index >= 15 is 0 Å². The van der Waals surface area contributed by atoms with E-state index in [-0.39, 0.29) is 23.6 Å². The fraction of sp³-hybridized carbons (Fsp3) is 0.647. The van der Waals surface area contributed by atoms with Gasteiger partial charge in [0.05, 0.1) is 17.6 Å². The molecule has 1 aliphatic carbocycles. The summed E-state index contributed by atoms with van der Waals surface area (Å²) in [7, 11) is 0. The molecular formula is C17H23N5O3. The molecule has 3 fully saturated rings. The maximum atomic E-state index is 12.8. The molecule has 0 spiro atoms. The van der Waals surface area contributed by atoms with Gasteiger partial charge in [-0.1, -0.05) is 19.3 Å². The monoisotopic (exact) mass is 345 g/mol. The second-order valence-electron chi connectivity index (χ2n) is 7.23. The summed E-state index contributed by atoms with van der Waals surface area (Å²) in [6.45, 7) is 1.48. The molecule has 0 radical (unpaired) electrons. The van der Waals surface area contributed by atoms with Crippen LogP contribution in [-0.4, -0.2) is 57.1 Å². The number of hydrogen-bond donors (Lipinski definition) is 2. The molecule has 2 atom stereocenters. The molecule has 2 amide bonds. The summed E-state index contributed by atoms with van der Waals surface area (Å²) in [4.78, 5) is 36.8. The number of aromatic nitrogens is 2. The molecule has 8 nitrogen and oxygen atoms in total. The second-order valence-corrected chi connectivity index (χ2v) is 7.23. The topological polar surface area (TPSA) is 98.7 Å². The van der Waals surface area contributed by atoms with Crippen LogP contribution >= 0.6 is 0 Å². The van der Waals surface area contributed by atoms with Gasteiger partial charge in [-0.15, -0.1) is 0 Å². The smallest absolute Gasteiger partial charge is 0.277 e. The Morgan fingerprint density at radius 2 is 1.80 bits per heavy atom. The van der Waals surface area contributed by atoms with Gasteiger partial charge in [0.25, 0.3) is 5.91 Å². The van der Waals surface area contributed by atoms with Crippen molar-refractivity contribution in [3.63, 3.8) is 0 Å². The van der Waals surface area contributed by atoms with Gasteiger partial charge in [-0.25, -0.2) is 15.4 Å². The standard InChI is InChI=1S/C17H23N5O3/c23-15(20-25)12-7-18-17(19-8-12)22-10-13-6-14(22)9-21(13)16(24)11-4-2-1-3-5-11/h7-8,11,13-14,25H,1-6,9-10H2,(H,20,23)/t13-,14-/m1/s1. The van der Waals surface area contributed by atoms with Gasteiger partial charge in [0, 0.05) is 31.4 Å². The Labute approximate surface area is 146 Å². The Morgan fingerprint density at radius 1 is 1.08 bits per heavy atom. The van der Waals surface area contributed by atoms with E-state index in [1.54, 1.807) is 5.48 Å². The van der Waals surface area contributed by atoms with Crippen molar-refractivity contribution < 1.29 is 14.8 Å². The van der Waals surface area contributed by atoms with Crippen LogP contribution in [0.2, 0.25) is 0 Å². The summed E-state index contributed by atoms with van der Waals surface area (Å²) >= 11 is 0. The number of carbonyl (C=O) groups is 2. The second kappa shape index (κ2) is 6.59. The number of hydroxylamine groups is 1. The van der Waals surface area contributed by atoms with Crippen LogP contribution in [0.4, 0.5) is 5.95 Å². The number of fused-ring (bicyclic) bond motifs is 2. The Hall–Kier alpha value is -2.22. The first-order chi connectivity index (χ1) is 12.2. The van der Waals surface area contributed by atoms with Crippen molar-refractivity contribution in [3.8, 4) is 0 Å². The van der Waals surface area contributed by atoms with Crippen molar-refractivity contribution in [3.05, 3.63) is 18.0 Å². The molecule has 2 bridgehead atoms. The van der Waals surface area contributed by atoms with E-state index in [9.17, 15) is 9.59 Å². The molecule has 0 unspecified atom stereocenters. The number of piperazine rings is 1. The normalized spacial score (nSPS) is 26.1. The van der Waals surface area contributed by atoms with Crippen LogP contribution in [0.5, 0.6) is 0 Å². The van der Waals surface area contributed by atoms with Crippen LogP contribution in [0.3, 0.4) is 0 Å². The molecule has 25 heavy (non-hydrogen) atoms. The zero-order chi connectivity index (χ0) is 17.4. The number of rotatable bonds is 3. The fourth-order valence-corrected chi connectivity index (χ4v) is 4.42. The molecule has 1 aromatic heterocycles. The van der Waals surface area contributed by atoms with Gasteiger partial charge in [0.1, 0.15) is 0 Å². The zero-order valence-electron chi connectivity index (χ0n) is 14.1. The summed E-state index contributed by atoms with van der Waals surface area (Å²) in [5.74, 6) is 0.502. The number of carbonyl (C=O) groups excluding carboxylic acids is 2. The lowest BCUT2D eigenvalue weighted by Crippen LogP contribution is -2.51. The lowest BCUT2D eigenvalue weighted by atomic mass is 9.88. The van der Waals surface area contributed by atoms with Crippen molar-refractivity contribution in [1.29, 1.82) is 0 Å². The van der Waals surface area contributed by atoms with Crippen molar-refractivity contribution >= 4 is 17.8 Å². The van der Waals surface area contributed by atoms with E-state index in [1.165, 1.54) is 31.7 Å². The molecule has 2 saturated heterocycles. The van der Waals surface area contributed by atoms with Gasteiger partial charge >= 0.3 is 0 Å². The minimum Gasteiger partial charge on any atom is -0.336 e. The number of hydrogen-bond acceptors (Lipinski definition) is 6. The number of amides is 2. The molecule has 1 aromatic rings. The first kappa shape index (κ1) is 16.3. The summed E-state index contributed by atoms with van der Waals surface area (Å²) < 4.78 is 0. The van der Waals surface area contributed by atoms with Gasteiger partial charge in [0.2, 0.25) is 11.9 Å². The molecule has 2 N–H and O–H groups in total. The van der Waals surface area contributed by atoms with Crippen LogP contribution in [0.15, 0.2) is 12.4 Å². The van der Waals surface area contributed by atoms with E-state index in [0.717, 1.165) is 32.4 Å². The van der Waals surface area contributed by atoms with E-state index in [4.69, 9.17) is 5.21 Å². The molecule has 4 rings (SSSR count). The number of nitrogens with zero attached hydrogens (tertiary/aromatic N) is 4. The molecular weight excluding hydrogens is 322 g/mol. The van der Waals surface area contributed by atoms with Crippen LogP contribution < -0.4 is 10.4 Å². The number of nitrogens with one attached hydrogen (secondary N) is 1. The highest BCUT2D eigenvalue weighted by Crippen LogP contribution is 2.35. The zero-order valence-corrected chi connectivity index (χ0v) is 14.1. The van der Waals surface area contributed by atoms with Gasteiger partial charge in [0.15, 0.2) is 0 Å². The molecule has 3 aliphatic rings. The molecule has 3 heterocycles. The Bertz CT molecular complexity index is 659. The van der Waals surface area contributed by atoms with Gasteiger partial charge < -0.3 is 9.80 Å². The van der Waals surface area contributed by atoms with Crippen molar-refractivity contribution in [2.75, 3.05) is 18.0 Å². The van der Waals surface area contributed by atoms with Crippen molar-refractivity contribution in [2.45, 2.75) is 50.6 Å². The Kier molecular flexibility index (Phi) is 4.29. The fourth-order valence-electron chi connectivity index (χ4n) is 4.42. The molecule has 134 valence electrons. The van der Waals surface area contributed by atoms with Crippen molar-refractivity contribution in [2.24, 2.45) is 5.92 Å². The lowest BCUT2D eigenvalue weighted by Gasteiger charge is -2.36. The van der Waals surface area contributed by atoms with Gasteiger partial charge in [-0.2, -0.15) is 0 Å². The number of likely N-dealkylation sites (tertiary alicyclic amines) is 1. The highest BCUT2D eigenvalue weighted by Gasteiger charge is 2.47. The molecule has 0 aromatic carbocycles. The molecule has 2 aliphatic heterocycles.